The van der Waals surface area contributed by atoms with Crippen molar-refractivity contribution in [2.45, 2.75) is 45.8 Å². The summed E-state index contributed by atoms with van der Waals surface area (Å²) in [5, 5.41) is 15.7. The van der Waals surface area contributed by atoms with Crippen LogP contribution in [-0.4, -0.2) is 46.5 Å². The minimum absolute atomic E-state index is 0.0888. The van der Waals surface area contributed by atoms with Crippen LogP contribution >= 0.6 is 0 Å². The Bertz CT molecular complexity index is 517. The Balaban J connectivity index is 2.89. The Morgan fingerprint density at radius 1 is 1.48 bits per heavy atom. The zero-order chi connectivity index (χ0) is 16.2. The fourth-order valence-corrected chi connectivity index (χ4v) is 2.03. The minimum atomic E-state index is -1.11. The van der Waals surface area contributed by atoms with Crippen LogP contribution in [0.15, 0.2) is 6.20 Å². The molecule has 1 amide bonds. The van der Waals surface area contributed by atoms with Crippen molar-refractivity contribution in [2.24, 2.45) is 0 Å². The van der Waals surface area contributed by atoms with Gasteiger partial charge in [-0.15, -0.1) is 0 Å². The number of rotatable bonds is 6. The molecule has 1 unspecified atom stereocenters. The minimum Gasteiger partial charge on any atom is -0.479 e. The average Bonchev–Trinajstić information content (AvgIpc) is 2.82. The molecule has 7 heteroatoms. The maximum Gasteiger partial charge on any atom is 0.334 e. The number of methoxy groups -OCH3 is 1. The van der Waals surface area contributed by atoms with Crippen molar-refractivity contribution < 1.29 is 19.4 Å². The molecule has 118 valence electrons. The lowest BCUT2D eigenvalue weighted by Gasteiger charge is -2.22. The molecule has 1 aromatic heterocycles. The van der Waals surface area contributed by atoms with Crippen LogP contribution in [0.4, 0.5) is 0 Å². The molecule has 7 nitrogen and oxygen atoms in total. The summed E-state index contributed by atoms with van der Waals surface area (Å²) in [6.07, 6.45) is 1.12. The summed E-state index contributed by atoms with van der Waals surface area (Å²) in [7, 11) is 1.29. The second kappa shape index (κ2) is 6.71. The van der Waals surface area contributed by atoms with Gasteiger partial charge in [-0.1, -0.05) is 6.92 Å². The lowest BCUT2D eigenvalue weighted by Crippen LogP contribution is -2.38. The molecule has 1 atom stereocenters. The second-order valence-corrected chi connectivity index (χ2v) is 5.71. The van der Waals surface area contributed by atoms with Gasteiger partial charge in [0.15, 0.2) is 6.10 Å². The van der Waals surface area contributed by atoms with Crippen LogP contribution in [0, 0.1) is 0 Å². The monoisotopic (exact) mass is 297 g/mol. The Morgan fingerprint density at radius 3 is 2.52 bits per heavy atom. The molecule has 0 spiro atoms. The van der Waals surface area contributed by atoms with Gasteiger partial charge in [-0.2, -0.15) is 5.10 Å². The maximum atomic E-state index is 12.2. The number of amides is 1. The number of hydrogen-bond donors (Lipinski definition) is 2. The highest BCUT2D eigenvalue weighted by Crippen LogP contribution is 2.19. The van der Waals surface area contributed by atoms with Gasteiger partial charge in [0.25, 0.3) is 5.91 Å². The highest BCUT2D eigenvalue weighted by atomic mass is 16.5. The van der Waals surface area contributed by atoms with Crippen molar-refractivity contribution in [1.29, 1.82) is 0 Å². The van der Waals surface area contributed by atoms with E-state index in [1.165, 1.54) is 13.3 Å². The van der Waals surface area contributed by atoms with E-state index in [2.05, 4.69) is 10.4 Å². The summed E-state index contributed by atoms with van der Waals surface area (Å²) in [6.45, 7) is 7.88. The quantitative estimate of drug-likeness (QED) is 0.818. The van der Waals surface area contributed by atoms with Crippen molar-refractivity contribution in [3.63, 3.8) is 0 Å². The molecular weight excluding hydrogens is 274 g/mol. The second-order valence-electron chi connectivity index (χ2n) is 5.71. The molecular formula is C14H23N3O4. The number of ether oxygens (including phenoxy) is 1. The predicted octanol–water partition coefficient (Wildman–Crippen LogP) is 1.03. The summed E-state index contributed by atoms with van der Waals surface area (Å²) in [5.41, 5.74) is 1.07. The number of aromatic nitrogens is 2. The molecule has 0 fully saturated rings. The number of carbonyl (C=O) groups excluding carboxylic acids is 1. The van der Waals surface area contributed by atoms with Crippen molar-refractivity contribution in [1.82, 2.24) is 15.1 Å². The van der Waals surface area contributed by atoms with E-state index in [1.807, 2.05) is 32.4 Å². The van der Waals surface area contributed by atoms with Crippen molar-refractivity contribution in [2.75, 3.05) is 13.7 Å². The van der Waals surface area contributed by atoms with Crippen molar-refractivity contribution in [3.05, 3.63) is 17.5 Å². The van der Waals surface area contributed by atoms with Gasteiger partial charge in [0.2, 0.25) is 0 Å². The van der Waals surface area contributed by atoms with E-state index >= 15 is 0 Å². The lowest BCUT2D eigenvalue weighted by atomic mass is 10.1. The number of nitrogens with one attached hydrogen (secondary N) is 1. The van der Waals surface area contributed by atoms with Gasteiger partial charge in [0.05, 0.1) is 29.5 Å². The number of hydrogen-bond acceptors (Lipinski definition) is 4. The Hall–Kier alpha value is -1.89. The van der Waals surface area contributed by atoms with Crippen LogP contribution in [0.3, 0.4) is 0 Å². The molecule has 0 aliphatic rings. The Labute approximate surface area is 124 Å². The van der Waals surface area contributed by atoms with E-state index in [9.17, 15) is 9.59 Å². The molecule has 1 aromatic rings. The van der Waals surface area contributed by atoms with Gasteiger partial charge in [-0.3, -0.25) is 9.48 Å². The van der Waals surface area contributed by atoms with Crippen molar-refractivity contribution in [3.8, 4) is 0 Å². The number of nitrogens with zero attached hydrogens (tertiary/aromatic N) is 2. The van der Waals surface area contributed by atoms with Crippen LogP contribution in [0.5, 0.6) is 0 Å². The topological polar surface area (TPSA) is 93.4 Å². The van der Waals surface area contributed by atoms with E-state index in [4.69, 9.17) is 9.84 Å². The van der Waals surface area contributed by atoms with Gasteiger partial charge in [0, 0.05) is 7.11 Å². The lowest BCUT2D eigenvalue weighted by molar-refractivity contribution is -0.148. The van der Waals surface area contributed by atoms with E-state index in [0.717, 1.165) is 5.69 Å². The fraction of sp³-hybridized carbons (Fsp3) is 0.643. The third-order valence-electron chi connectivity index (χ3n) is 3.09. The van der Waals surface area contributed by atoms with Crippen LogP contribution in [0.25, 0.3) is 0 Å². The molecule has 1 rings (SSSR count). The molecule has 0 aromatic carbocycles. The fourth-order valence-electron chi connectivity index (χ4n) is 2.03. The van der Waals surface area contributed by atoms with E-state index in [-0.39, 0.29) is 18.0 Å². The third-order valence-corrected chi connectivity index (χ3v) is 3.09. The predicted molar refractivity (Wildman–Crippen MR) is 77.4 cm³/mol. The first-order valence-corrected chi connectivity index (χ1v) is 6.83. The molecule has 0 aliphatic heterocycles. The maximum absolute atomic E-state index is 12.2. The Kier molecular flexibility index (Phi) is 5.48. The molecule has 0 saturated heterocycles. The zero-order valence-corrected chi connectivity index (χ0v) is 13.1. The molecule has 0 radical (unpaired) electrons. The molecule has 21 heavy (non-hydrogen) atoms. The molecule has 0 bridgehead atoms. The van der Waals surface area contributed by atoms with E-state index in [1.54, 1.807) is 0 Å². The van der Waals surface area contributed by atoms with Crippen LogP contribution in [0.1, 0.15) is 43.7 Å². The summed E-state index contributed by atoms with van der Waals surface area (Å²) in [6, 6.07) is 0. The van der Waals surface area contributed by atoms with Gasteiger partial charge >= 0.3 is 5.97 Å². The summed E-state index contributed by atoms with van der Waals surface area (Å²) in [5.74, 6) is -1.45. The summed E-state index contributed by atoms with van der Waals surface area (Å²) < 4.78 is 6.59. The van der Waals surface area contributed by atoms with Crippen LogP contribution in [0.2, 0.25) is 0 Å². The van der Waals surface area contributed by atoms with Gasteiger partial charge in [0.1, 0.15) is 0 Å². The Morgan fingerprint density at radius 2 is 2.10 bits per heavy atom. The van der Waals surface area contributed by atoms with E-state index in [0.29, 0.717) is 12.0 Å². The van der Waals surface area contributed by atoms with Gasteiger partial charge in [-0.05, 0) is 27.2 Å². The summed E-state index contributed by atoms with van der Waals surface area (Å²) >= 11 is 0. The number of aliphatic carboxylic acids is 1. The van der Waals surface area contributed by atoms with Crippen molar-refractivity contribution >= 4 is 11.9 Å². The first-order valence-electron chi connectivity index (χ1n) is 6.83. The number of carbonyl (C=O) groups is 2. The normalized spacial score (nSPS) is 13.0. The molecule has 0 aliphatic carbocycles. The van der Waals surface area contributed by atoms with Gasteiger partial charge in [-0.25, -0.2) is 4.79 Å². The largest absolute Gasteiger partial charge is 0.479 e. The van der Waals surface area contributed by atoms with Crippen LogP contribution in [-0.2, 0) is 21.5 Å². The summed E-state index contributed by atoms with van der Waals surface area (Å²) in [4.78, 5) is 23.0. The first-order chi connectivity index (χ1) is 9.72. The average molecular weight is 297 g/mol. The highest BCUT2D eigenvalue weighted by molar-refractivity contribution is 5.95. The number of carboxylic acid groups (broad SMARTS) is 1. The molecule has 2 N–H and O–H groups in total. The SMILES string of the molecule is CCc1c(C(=O)NCC(OC)C(=O)O)cnn1C(C)(C)C. The standard InChI is InChI=1S/C14H23N3O4/c1-6-10-9(7-16-17(10)14(2,3)4)12(18)15-8-11(21-5)13(19)20/h7,11H,6,8H2,1-5H3,(H,15,18)(H,19,20). The van der Waals surface area contributed by atoms with Gasteiger partial charge < -0.3 is 15.2 Å². The zero-order valence-electron chi connectivity index (χ0n) is 13.1. The van der Waals surface area contributed by atoms with Crippen LogP contribution < -0.4 is 5.32 Å². The third kappa shape index (κ3) is 4.04. The smallest absolute Gasteiger partial charge is 0.334 e. The van der Waals surface area contributed by atoms with E-state index < -0.39 is 12.1 Å². The number of carboxylic acids is 1. The highest BCUT2D eigenvalue weighted by Gasteiger charge is 2.24. The molecule has 0 saturated carbocycles. The first kappa shape index (κ1) is 17.2. The molecule has 1 heterocycles.